The van der Waals surface area contributed by atoms with Crippen LogP contribution in [0.1, 0.15) is 30.2 Å². The summed E-state index contributed by atoms with van der Waals surface area (Å²) in [6, 6.07) is 19.3. The maximum absolute atomic E-state index is 9.49. The number of benzene rings is 2. The largest absolute Gasteiger partial charge is 0.388 e. The summed E-state index contributed by atoms with van der Waals surface area (Å²) in [5.74, 6) is 0. The number of rotatable bonds is 6. The number of nitrogens with one attached hydrogen (secondary N) is 1. The van der Waals surface area contributed by atoms with Crippen LogP contribution in [0.15, 0.2) is 60.0 Å². The van der Waals surface area contributed by atoms with E-state index in [9.17, 15) is 5.26 Å². The SMILES string of the molecule is CNc1ccc2ccccc2c1C(C)(CC#N)C/C=C/c1cccs1. The molecule has 1 unspecified atom stereocenters. The Bertz CT molecular complexity index is 919. The van der Waals surface area contributed by atoms with Crippen molar-refractivity contribution in [2.24, 2.45) is 0 Å². The Balaban J connectivity index is 2.07. The van der Waals surface area contributed by atoms with E-state index in [1.54, 1.807) is 11.3 Å². The first-order chi connectivity index (χ1) is 12.2. The molecule has 0 aliphatic heterocycles. The molecule has 0 aliphatic carbocycles. The van der Waals surface area contributed by atoms with Gasteiger partial charge in [0.25, 0.3) is 0 Å². The molecular weight excluding hydrogens is 324 g/mol. The fourth-order valence-electron chi connectivity index (χ4n) is 3.39. The second kappa shape index (κ2) is 7.55. The van der Waals surface area contributed by atoms with Crippen molar-refractivity contribution in [2.45, 2.75) is 25.2 Å². The van der Waals surface area contributed by atoms with E-state index in [0.717, 1.165) is 12.1 Å². The Kier molecular flexibility index (Phi) is 5.21. The zero-order chi connectivity index (χ0) is 17.7. The molecule has 3 heteroatoms. The second-order valence-corrected chi connectivity index (χ2v) is 7.46. The molecule has 1 N–H and O–H groups in total. The molecule has 1 heterocycles. The highest BCUT2D eigenvalue weighted by Crippen LogP contribution is 2.41. The predicted molar refractivity (Wildman–Crippen MR) is 109 cm³/mol. The number of hydrogen-bond donors (Lipinski definition) is 1. The number of nitrogens with zero attached hydrogens (tertiary/aromatic N) is 1. The smallest absolute Gasteiger partial charge is 0.0631 e. The highest BCUT2D eigenvalue weighted by atomic mass is 32.1. The van der Waals surface area contributed by atoms with E-state index < -0.39 is 0 Å². The lowest BCUT2D eigenvalue weighted by molar-refractivity contribution is 0.497. The van der Waals surface area contributed by atoms with Gasteiger partial charge in [-0.2, -0.15) is 5.26 Å². The molecule has 2 nitrogen and oxygen atoms in total. The summed E-state index contributed by atoms with van der Waals surface area (Å²) in [7, 11) is 1.95. The summed E-state index contributed by atoms with van der Waals surface area (Å²) in [5, 5.41) is 17.3. The first kappa shape index (κ1) is 17.3. The van der Waals surface area contributed by atoms with Gasteiger partial charge in [-0.1, -0.05) is 49.4 Å². The lowest BCUT2D eigenvalue weighted by Crippen LogP contribution is -2.22. The van der Waals surface area contributed by atoms with Crippen LogP contribution in [0.2, 0.25) is 0 Å². The van der Waals surface area contributed by atoms with Gasteiger partial charge in [0.2, 0.25) is 0 Å². The molecule has 126 valence electrons. The van der Waals surface area contributed by atoms with Gasteiger partial charge in [0.05, 0.1) is 6.07 Å². The topological polar surface area (TPSA) is 35.8 Å². The Morgan fingerprint density at radius 3 is 2.72 bits per heavy atom. The summed E-state index contributed by atoms with van der Waals surface area (Å²) in [5.41, 5.74) is 2.08. The van der Waals surface area contributed by atoms with Gasteiger partial charge in [0.1, 0.15) is 0 Å². The number of hydrogen-bond acceptors (Lipinski definition) is 3. The number of nitriles is 1. The van der Waals surface area contributed by atoms with Crippen LogP contribution in [-0.2, 0) is 5.41 Å². The molecule has 3 aromatic rings. The molecular formula is C22H22N2S. The van der Waals surface area contributed by atoms with Gasteiger partial charge in [0.15, 0.2) is 0 Å². The van der Waals surface area contributed by atoms with Crippen molar-refractivity contribution in [2.75, 3.05) is 12.4 Å². The van der Waals surface area contributed by atoms with Crippen LogP contribution in [0.4, 0.5) is 5.69 Å². The van der Waals surface area contributed by atoms with E-state index in [2.05, 4.69) is 84.4 Å². The molecule has 0 aliphatic rings. The van der Waals surface area contributed by atoms with Crippen molar-refractivity contribution >= 4 is 33.9 Å². The van der Waals surface area contributed by atoms with Crippen molar-refractivity contribution in [3.8, 4) is 6.07 Å². The van der Waals surface area contributed by atoms with E-state index in [1.165, 1.54) is 21.2 Å². The third kappa shape index (κ3) is 3.60. The Labute approximate surface area is 153 Å². The van der Waals surface area contributed by atoms with Gasteiger partial charge in [-0.3, -0.25) is 0 Å². The molecule has 1 aromatic heterocycles. The molecule has 0 saturated heterocycles. The van der Waals surface area contributed by atoms with Crippen LogP contribution < -0.4 is 5.32 Å². The molecule has 0 radical (unpaired) electrons. The normalized spacial score (nSPS) is 13.6. The maximum atomic E-state index is 9.49. The summed E-state index contributed by atoms with van der Waals surface area (Å²) in [6.07, 6.45) is 5.65. The fourth-order valence-corrected chi connectivity index (χ4v) is 4.03. The minimum absolute atomic E-state index is 0.248. The monoisotopic (exact) mass is 346 g/mol. The van der Waals surface area contributed by atoms with Crippen LogP contribution in [0, 0.1) is 11.3 Å². The molecule has 1 atom stereocenters. The molecule has 3 rings (SSSR count). The fraction of sp³-hybridized carbons (Fsp3) is 0.227. The summed E-state index contributed by atoms with van der Waals surface area (Å²) in [4.78, 5) is 1.24. The molecule has 0 saturated carbocycles. The first-order valence-electron chi connectivity index (χ1n) is 8.45. The van der Waals surface area contributed by atoms with Crippen molar-refractivity contribution in [1.82, 2.24) is 0 Å². The van der Waals surface area contributed by atoms with E-state index in [-0.39, 0.29) is 5.41 Å². The zero-order valence-electron chi connectivity index (χ0n) is 14.6. The van der Waals surface area contributed by atoms with Crippen molar-refractivity contribution in [3.05, 3.63) is 70.4 Å². The minimum Gasteiger partial charge on any atom is -0.388 e. The van der Waals surface area contributed by atoms with E-state index in [1.807, 2.05) is 7.05 Å². The molecule has 0 spiro atoms. The van der Waals surface area contributed by atoms with Gasteiger partial charge >= 0.3 is 0 Å². The second-order valence-electron chi connectivity index (χ2n) is 6.48. The third-order valence-corrected chi connectivity index (χ3v) is 5.50. The van der Waals surface area contributed by atoms with Crippen LogP contribution in [0.5, 0.6) is 0 Å². The minimum atomic E-state index is -0.248. The number of thiophene rings is 1. The molecule has 2 aromatic carbocycles. The summed E-state index contributed by atoms with van der Waals surface area (Å²) >= 11 is 1.73. The Morgan fingerprint density at radius 2 is 2.00 bits per heavy atom. The standard InChI is InChI=1S/C22H22N2S/c1-22(14-15-23,13-5-8-18-9-6-16-25-18)21-19-10-4-3-7-17(19)11-12-20(21)24-2/h3-12,16,24H,13-14H2,1-2H3/b8-5+. The van der Waals surface area contributed by atoms with Crippen molar-refractivity contribution in [1.29, 1.82) is 5.26 Å². The Hall–Kier alpha value is -2.57. The van der Waals surface area contributed by atoms with Gasteiger partial charge in [-0.15, -0.1) is 11.3 Å². The highest BCUT2D eigenvalue weighted by molar-refractivity contribution is 7.10. The Morgan fingerprint density at radius 1 is 1.16 bits per heavy atom. The van der Waals surface area contributed by atoms with Crippen LogP contribution in [0.25, 0.3) is 16.8 Å². The summed E-state index contributed by atoms with van der Waals surface area (Å²) in [6.45, 7) is 2.19. The average Bonchev–Trinajstić information content (AvgIpc) is 3.14. The van der Waals surface area contributed by atoms with Gasteiger partial charge in [-0.05, 0) is 46.3 Å². The average molecular weight is 346 g/mol. The lowest BCUT2D eigenvalue weighted by Gasteiger charge is -2.30. The van der Waals surface area contributed by atoms with Crippen LogP contribution in [0.3, 0.4) is 0 Å². The maximum Gasteiger partial charge on any atom is 0.0631 e. The zero-order valence-corrected chi connectivity index (χ0v) is 15.4. The number of allylic oxidation sites excluding steroid dienone is 1. The molecule has 25 heavy (non-hydrogen) atoms. The predicted octanol–water partition coefficient (Wildman–Crippen LogP) is 6.22. The lowest BCUT2D eigenvalue weighted by atomic mass is 9.74. The number of fused-ring (bicyclic) bond motifs is 1. The first-order valence-corrected chi connectivity index (χ1v) is 9.33. The molecule has 0 bridgehead atoms. The van der Waals surface area contributed by atoms with Gasteiger partial charge in [-0.25, -0.2) is 0 Å². The van der Waals surface area contributed by atoms with E-state index in [0.29, 0.717) is 6.42 Å². The highest BCUT2D eigenvalue weighted by Gasteiger charge is 2.29. The third-order valence-electron chi connectivity index (χ3n) is 4.66. The van der Waals surface area contributed by atoms with E-state index >= 15 is 0 Å². The van der Waals surface area contributed by atoms with Gasteiger partial charge < -0.3 is 5.32 Å². The molecule has 0 fully saturated rings. The van der Waals surface area contributed by atoms with Gasteiger partial charge in [0, 0.05) is 29.4 Å². The van der Waals surface area contributed by atoms with Crippen molar-refractivity contribution < 1.29 is 0 Å². The molecule has 0 amide bonds. The summed E-state index contributed by atoms with van der Waals surface area (Å²) < 4.78 is 0. The van der Waals surface area contributed by atoms with Crippen LogP contribution >= 0.6 is 11.3 Å². The van der Waals surface area contributed by atoms with Crippen LogP contribution in [-0.4, -0.2) is 7.05 Å². The van der Waals surface area contributed by atoms with E-state index in [4.69, 9.17) is 0 Å². The number of anilines is 1. The van der Waals surface area contributed by atoms with Crippen molar-refractivity contribution in [3.63, 3.8) is 0 Å². The quantitative estimate of drug-likeness (QED) is 0.575.